The second kappa shape index (κ2) is 7.25. The van der Waals surface area contributed by atoms with Crippen LogP contribution in [-0.2, 0) is 14.4 Å². The zero-order valence-electron chi connectivity index (χ0n) is 14.0. The maximum Gasteiger partial charge on any atom is 0.334 e. The Labute approximate surface area is 140 Å². The number of hydrogen-bond acceptors (Lipinski definition) is 4. The van der Waals surface area contributed by atoms with Crippen LogP contribution in [0.5, 0.6) is 0 Å². The summed E-state index contributed by atoms with van der Waals surface area (Å²) >= 11 is 0. The molecule has 0 radical (unpaired) electrons. The van der Waals surface area contributed by atoms with E-state index in [4.69, 9.17) is 0 Å². The summed E-state index contributed by atoms with van der Waals surface area (Å²) in [5, 5.41) is 2.63. The minimum atomic E-state index is -0.968. The second-order valence-electron chi connectivity index (χ2n) is 5.70. The second-order valence-corrected chi connectivity index (χ2v) is 5.70. The fourth-order valence-electron chi connectivity index (χ4n) is 2.44. The molecule has 1 heterocycles. The first-order chi connectivity index (χ1) is 11.4. The lowest BCUT2D eigenvalue weighted by molar-refractivity contribution is -0.143. The molecule has 7 heteroatoms. The van der Waals surface area contributed by atoms with E-state index in [-0.39, 0.29) is 6.54 Å². The molecule has 7 nitrogen and oxygen atoms in total. The van der Waals surface area contributed by atoms with Crippen molar-refractivity contribution < 1.29 is 19.2 Å². The van der Waals surface area contributed by atoms with Gasteiger partial charge in [-0.3, -0.25) is 19.3 Å². The summed E-state index contributed by atoms with van der Waals surface area (Å²) in [6, 6.07) is 6.65. The minimum absolute atomic E-state index is 0.0958. The highest BCUT2D eigenvalue weighted by Crippen LogP contribution is 2.20. The lowest BCUT2D eigenvalue weighted by Crippen LogP contribution is -2.38. The van der Waals surface area contributed by atoms with E-state index in [0.29, 0.717) is 16.5 Å². The number of anilines is 1. The van der Waals surface area contributed by atoms with Gasteiger partial charge >= 0.3 is 17.8 Å². The van der Waals surface area contributed by atoms with Gasteiger partial charge in [0, 0.05) is 12.2 Å². The number of rotatable bonds is 6. The van der Waals surface area contributed by atoms with E-state index in [2.05, 4.69) is 19.2 Å². The summed E-state index contributed by atoms with van der Waals surface area (Å²) < 4.78 is 0. The van der Waals surface area contributed by atoms with E-state index in [9.17, 15) is 19.2 Å². The Hall–Kier alpha value is -2.70. The van der Waals surface area contributed by atoms with Crippen molar-refractivity contribution in [1.29, 1.82) is 0 Å². The molecule has 1 aliphatic heterocycles. The average molecular weight is 331 g/mol. The van der Waals surface area contributed by atoms with Crippen LogP contribution in [0.1, 0.15) is 38.7 Å². The number of nitrogens with one attached hydrogen (secondary N) is 1. The number of carbonyl (C=O) groups is 4. The van der Waals surface area contributed by atoms with E-state index < -0.39 is 30.3 Å². The van der Waals surface area contributed by atoms with Crippen LogP contribution in [-0.4, -0.2) is 46.6 Å². The van der Waals surface area contributed by atoms with Gasteiger partial charge in [-0.1, -0.05) is 26.0 Å². The number of amides is 5. The van der Waals surface area contributed by atoms with Crippen molar-refractivity contribution in [3.8, 4) is 0 Å². The first kappa shape index (κ1) is 17.7. The highest BCUT2D eigenvalue weighted by atomic mass is 16.2. The highest BCUT2D eigenvalue weighted by molar-refractivity contribution is 6.45. The van der Waals surface area contributed by atoms with Crippen molar-refractivity contribution in [2.45, 2.75) is 33.1 Å². The fourth-order valence-corrected chi connectivity index (χ4v) is 2.44. The third-order valence-electron chi connectivity index (χ3n) is 4.13. The molecule has 1 atom stereocenters. The molecule has 2 rings (SSSR count). The van der Waals surface area contributed by atoms with Crippen molar-refractivity contribution in [1.82, 2.24) is 9.80 Å². The number of benzene rings is 1. The SMILES string of the molecule is CC[C@H](C)c1ccc(NC(=O)CN2C(=O)C(=O)N(CC)C2=O)cc1. The van der Waals surface area contributed by atoms with Crippen LogP contribution in [0.2, 0.25) is 0 Å². The largest absolute Gasteiger partial charge is 0.334 e. The fraction of sp³-hybridized carbons (Fsp3) is 0.412. The van der Waals surface area contributed by atoms with Crippen molar-refractivity contribution in [2.24, 2.45) is 0 Å². The first-order valence-electron chi connectivity index (χ1n) is 7.96. The predicted octanol–water partition coefficient (Wildman–Crippen LogP) is 1.95. The Kier molecular flexibility index (Phi) is 5.33. The zero-order valence-corrected chi connectivity index (χ0v) is 14.0. The molecule has 0 spiro atoms. The van der Waals surface area contributed by atoms with Gasteiger partial charge in [0.2, 0.25) is 5.91 Å². The molecule has 0 aromatic heterocycles. The molecular formula is C17H21N3O4. The minimum Gasteiger partial charge on any atom is -0.325 e. The van der Waals surface area contributed by atoms with Crippen LogP contribution in [0.15, 0.2) is 24.3 Å². The summed E-state index contributed by atoms with van der Waals surface area (Å²) in [7, 11) is 0. The van der Waals surface area contributed by atoms with Gasteiger partial charge in [-0.2, -0.15) is 0 Å². The van der Waals surface area contributed by atoms with Crippen molar-refractivity contribution in [2.75, 3.05) is 18.4 Å². The number of carbonyl (C=O) groups excluding carboxylic acids is 4. The number of likely N-dealkylation sites (N-methyl/N-ethyl adjacent to an activating group) is 1. The van der Waals surface area contributed by atoms with E-state index in [1.807, 2.05) is 12.1 Å². The van der Waals surface area contributed by atoms with Gasteiger partial charge in [0.05, 0.1) is 0 Å². The quantitative estimate of drug-likeness (QED) is 0.637. The average Bonchev–Trinajstić information content (AvgIpc) is 2.78. The Morgan fingerprint density at radius 1 is 1.04 bits per heavy atom. The number of hydrogen-bond donors (Lipinski definition) is 1. The summed E-state index contributed by atoms with van der Waals surface area (Å²) in [4.78, 5) is 48.8. The Morgan fingerprint density at radius 3 is 2.12 bits per heavy atom. The molecule has 0 saturated carbocycles. The van der Waals surface area contributed by atoms with E-state index in [1.54, 1.807) is 19.1 Å². The third kappa shape index (κ3) is 3.45. The molecule has 1 aromatic carbocycles. The molecule has 1 aromatic rings. The number of imide groups is 2. The van der Waals surface area contributed by atoms with Crippen LogP contribution in [0, 0.1) is 0 Å². The lowest BCUT2D eigenvalue weighted by atomic mass is 9.99. The number of urea groups is 1. The van der Waals surface area contributed by atoms with Crippen LogP contribution in [0.25, 0.3) is 0 Å². The molecule has 0 aliphatic carbocycles. The molecular weight excluding hydrogens is 310 g/mol. The van der Waals surface area contributed by atoms with Crippen molar-refractivity contribution in [3.05, 3.63) is 29.8 Å². The molecule has 0 bridgehead atoms. The van der Waals surface area contributed by atoms with Crippen LogP contribution < -0.4 is 5.32 Å². The summed E-state index contributed by atoms with van der Waals surface area (Å²) in [5.74, 6) is -1.96. The molecule has 1 aliphatic rings. The normalized spacial score (nSPS) is 15.9. The standard InChI is InChI=1S/C17H21N3O4/c1-4-11(3)12-6-8-13(9-7-12)18-14(21)10-20-16(23)15(22)19(5-2)17(20)24/h6-9,11H,4-5,10H2,1-3H3,(H,18,21)/t11-/m0/s1. The van der Waals surface area contributed by atoms with Gasteiger partial charge in [-0.15, -0.1) is 0 Å². The van der Waals surface area contributed by atoms with Crippen molar-refractivity contribution >= 4 is 29.4 Å². The Balaban J connectivity index is 2.00. The van der Waals surface area contributed by atoms with Gasteiger partial charge < -0.3 is 5.32 Å². The van der Waals surface area contributed by atoms with Crippen LogP contribution >= 0.6 is 0 Å². The lowest BCUT2D eigenvalue weighted by Gasteiger charge is -2.14. The smallest absolute Gasteiger partial charge is 0.325 e. The van der Waals surface area contributed by atoms with Gasteiger partial charge in [-0.25, -0.2) is 9.69 Å². The zero-order chi connectivity index (χ0) is 17.9. The van der Waals surface area contributed by atoms with Gasteiger partial charge in [0.25, 0.3) is 0 Å². The molecule has 1 N–H and O–H groups in total. The predicted molar refractivity (Wildman–Crippen MR) is 88.3 cm³/mol. The van der Waals surface area contributed by atoms with E-state index >= 15 is 0 Å². The topological polar surface area (TPSA) is 86.8 Å². The van der Waals surface area contributed by atoms with Crippen molar-refractivity contribution in [3.63, 3.8) is 0 Å². The van der Waals surface area contributed by atoms with Crippen LogP contribution in [0.4, 0.5) is 10.5 Å². The summed E-state index contributed by atoms with van der Waals surface area (Å²) in [6.07, 6.45) is 1.02. The van der Waals surface area contributed by atoms with E-state index in [0.717, 1.165) is 11.3 Å². The highest BCUT2D eigenvalue weighted by Gasteiger charge is 2.44. The monoisotopic (exact) mass is 331 g/mol. The first-order valence-corrected chi connectivity index (χ1v) is 7.96. The Bertz CT molecular complexity index is 669. The molecule has 1 fully saturated rings. The molecule has 1 saturated heterocycles. The van der Waals surface area contributed by atoms with Gasteiger partial charge in [0.15, 0.2) is 0 Å². The van der Waals surface area contributed by atoms with Gasteiger partial charge in [0.1, 0.15) is 6.54 Å². The molecule has 128 valence electrons. The number of nitrogens with zero attached hydrogens (tertiary/aromatic N) is 2. The maximum absolute atomic E-state index is 12.0. The summed E-state index contributed by atoms with van der Waals surface area (Å²) in [5.41, 5.74) is 1.74. The van der Waals surface area contributed by atoms with Crippen LogP contribution in [0.3, 0.4) is 0 Å². The van der Waals surface area contributed by atoms with Gasteiger partial charge in [-0.05, 0) is 37.0 Å². The maximum atomic E-state index is 12.0. The summed E-state index contributed by atoms with van der Waals surface area (Å²) in [6.45, 7) is 5.43. The Morgan fingerprint density at radius 2 is 1.62 bits per heavy atom. The molecule has 5 amide bonds. The molecule has 24 heavy (non-hydrogen) atoms. The molecule has 0 unspecified atom stereocenters. The van der Waals surface area contributed by atoms with E-state index in [1.165, 1.54) is 5.56 Å². The third-order valence-corrected chi connectivity index (χ3v) is 4.13.